The number of carbonyl (C=O) groups excluding carboxylic acids is 2. The molecule has 1 fully saturated rings. The quantitative estimate of drug-likeness (QED) is 0.202. The molecule has 5 aromatic carbocycles. The summed E-state index contributed by atoms with van der Waals surface area (Å²) in [6, 6.07) is 40.8. The van der Waals surface area contributed by atoms with Crippen LogP contribution in [-0.4, -0.2) is 22.8 Å². The van der Waals surface area contributed by atoms with Gasteiger partial charge in [0.2, 0.25) is 0 Å². The van der Waals surface area contributed by atoms with Crippen LogP contribution in [0.5, 0.6) is 0 Å². The Bertz CT molecular complexity index is 1610. The number of amides is 2. The molecule has 4 heteroatoms. The van der Waals surface area contributed by atoms with Crippen LogP contribution in [0.25, 0.3) is 10.8 Å². The molecule has 184 valence electrons. The largest absolute Gasteiger partial charge is 0.345 e. The van der Waals surface area contributed by atoms with E-state index in [9.17, 15) is 9.59 Å². The predicted octanol–water partition coefficient (Wildman–Crippen LogP) is 6.69. The monoisotopic (exact) mass is 495 g/mol. The molecule has 4 nitrogen and oxygen atoms in total. The summed E-state index contributed by atoms with van der Waals surface area (Å²) in [7, 11) is 0. The first-order valence-corrected chi connectivity index (χ1v) is 12.9. The first kappa shape index (κ1) is 22.6. The van der Waals surface area contributed by atoms with Crippen molar-refractivity contribution in [3.05, 3.63) is 155 Å². The number of imide groups is 1. The van der Waals surface area contributed by atoms with Gasteiger partial charge in [-0.2, -0.15) is 0 Å². The van der Waals surface area contributed by atoms with E-state index in [4.69, 9.17) is 4.74 Å². The molecule has 0 bridgehead atoms. The van der Waals surface area contributed by atoms with E-state index in [1.165, 1.54) is 4.90 Å². The van der Waals surface area contributed by atoms with Crippen LogP contribution in [0.4, 0.5) is 0 Å². The molecule has 2 aliphatic heterocycles. The Hall–Kier alpha value is -4.54. The van der Waals surface area contributed by atoms with Gasteiger partial charge in [-0.05, 0) is 41.1 Å². The highest BCUT2D eigenvalue weighted by Gasteiger charge is 2.76. The second-order valence-corrected chi connectivity index (χ2v) is 9.98. The Labute approximate surface area is 221 Å². The van der Waals surface area contributed by atoms with Crippen LogP contribution in [0.3, 0.4) is 0 Å². The van der Waals surface area contributed by atoms with E-state index in [0.717, 1.165) is 27.5 Å². The van der Waals surface area contributed by atoms with Gasteiger partial charge in [-0.3, -0.25) is 14.5 Å². The second-order valence-electron chi connectivity index (χ2n) is 9.98. The Balaban J connectivity index is 1.46. The maximum Gasteiger partial charge on any atom is 0.261 e. The number of ether oxygens (including phenoxy) is 1. The van der Waals surface area contributed by atoms with E-state index < -0.39 is 17.2 Å². The molecular formula is C34H25NO3. The number of hydrogen-bond donors (Lipinski definition) is 0. The van der Waals surface area contributed by atoms with Gasteiger partial charge in [0.05, 0.1) is 6.04 Å². The average molecular weight is 496 g/mol. The van der Waals surface area contributed by atoms with Crippen LogP contribution < -0.4 is 0 Å². The average Bonchev–Trinajstić information content (AvgIpc) is 3.70. The van der Waals surface area contributed by atoms with Crippen molar-refractivity contribution in [3.63, 3.8) is 0 Å². The van der Waals surface area contributed by atoms with Crippen molar-refractivity contribution in [3.8, 4) is 0 Å². The molecule has 0 aromatic heterocycles. The van der Waals surface area contributed by atoms with Gasteiger partial charge in [0, 0.05) is 16.5 Å². The predicted molar refractivity (Wildman–Crippen MR) is 147 cm³/mol. The summed E-state index contributed by atoms with van der Waals surface area (Å²) in [6.45, 7) is 1.94. The lowest BCUT2D eigenvalue weighted by atomic mass is 9.73. The highest BCUT2D eigenvalue weighted by molar-refractivity contribution is 6.25. The van der Waals surface area contributed by atoms with Crippen molar-refractivity contribution in [1.82, 2.24) is 4.90 Å². The molecule has 0 N–H and O–H groups in total. The van der Waals surface area contributed by atoms with Crippen molar-refractivity contribution < 1.29 is 14.3 Å². The van der Waals surface area contributed by atoms with Crippen LogP contribution in [0.1, 0.15) is 44.3 Å². The van der Waals surface area contributed by atoms with Gasteiger partial charge in [-0.15, -0.1) is 0 Å². The summed E-state index contributed by atoms with van der Waals surface area (Å²) in [5.41, 5.74) is 2.06. The maximum absolute atomic E-state index is 14.1. The number of rotatable bonds is 5. The summed E-state index contributed by atoms with van der Waals surface area (Å²) in [5, 5.41) is 1.61. The van der Waals surface area contributed by atoms with Crippen LogP contribution in [0.15, 0.2) is 127 Å². The van der Waals surface area contributed by atoms with Crippen molar-refractivity contribution in [2.75, 3.05) is 0 Å². The van der Waals surface area contributed by atoms with E-state index in [-0.39, 0.29) is 11.8 Å². The summed E-state index contributed by atoms with van der Waals surface area (Å²) < 4.78 is 6.98. The van der Waals surface area contributed by atoms with Crippen LogP contribution >= 0.6 is 0 Å². The first-order chi connectivity index (χ1) is 18.6. The van der Waals surface area contributed by atoms with Crippen molar-refractivity contribution in [1.29, 1.82) is 0 Å². The van der Waals surface area contributed by atoms with E-state index in [1.54, 1.807) is 0 Å². The second kappa shape index (κ2) is 8.23. The molecule has 5 aromatic rings. The molecular weight excluding hydrogens is 470 g/mol. The fourth-order valence-electron chi connectivity index (χ4n) is 6.43. The lowest BCUT2D eigenvalue weighted by Gasteiger charge is -2.37. The first-order valence-electron chi connectivity index (χ1n) is 12.9. The summed E-state index contributed by atoms with van der Waals surface area (Å²) in [6.07, 6.45) is 0. The lowest BCUT2D eigenvalue weighted by molar-refractivity contribution is 0.0458. The summed E-state index contributed by atoms with van der Waals surface area (Å²) in [4.78, 5) is 29.6. The van der Waals surface area contributed by atoms with Gasteiger partial charge in [0.15, 0.2) is 11.2 Å². The third kappa shape index (κ3) is 2.89. The third-order valence-electron chi connectivity index (χ3n) is 8.14. The summed E-state index contributed by atoms with van der Waals surface area (Å²) in [5.74, 6) is -0.597. The number of benzene rings is 5. The van der Waals surface area contributed by atoms with Gasteiger partial charge in [0.25, 0.3) is 11.8 Å². The van der Waals surface area contributed by atoms with E-state index in [2.05, 4.69) is 24.3 Å². The van der Waals surface area contributed by atoms with Crippen LogP contribution in [0, 0.1) is 0 Å². The molecule has 0 aliphatic carbocycles. The zero-order valence-electron chi connectivity index (χ0n) is 20.9. The van der Waals surface area contributed by atoms with Gasteiger partial charge in [-0.1, -0.05) is 115 Å². The van der Waals surface area contributed by atoms with Gasteiger partial charge < -0.3 is 4.74 Å². The van der Waals surface area contributed by atoms with Crippen molar-refractivity contribution in [2.45, 2.75) is 24.2 Å². The number of nitrogens with zero attached hydrogens (tertiary/aromatic N) is 1. The molecule has 2 amide bonds. The van der Waals surface area contributed by atoms with Crippen LogP contribution in [-0.2, 0) is 15.9 Å². The zero-order valence-corrected chi connectivity index (χ0v) is 20.9. The Morgan fingerprint density at radius 2 is 1.03 bits per heavy atom. The molecule has 2 aliphatic rings. The maximum atomic E-state index is 14.1. The molecule has 2 atom stereocenters. The Morgan fingerprint density at radius 3 is 1.50 bits per heavy atom. The minimum Gasteiger partial charge on any atom is -0.345 e. The molecule has 38 heavy (non-hydrogen) atoms. The molecule has 2 unspecified atom stereocenters. The van der Waals surface area contributed by atoms with E-state index >= 15 is 0 Å². The Kier molecular flexibility index (Phi) is 4.91. The number of carbonyl (C=O) groups is 2. The van der Waals surface area contributed by atoms with Gasteiger partial charge in [0.1, 0.15) is 0 Å². The number of epoxide rings is 1. The zero-order chi connectivity index (χ0) is 25.9. The topological polar surface area (TPSA) is 49.9 Å². The van der Waals surface area contributed by atoms with Gasteiger partial charge in [-0.25, -0.2) is 0 Å². The third-order valence-corrected chi connectivity index (χ3v) is 8.14. The normalized spacial score (nSPS) is 20.4. The SMILES string of the molecule is CC(N1C(=O)c2cccc3cccc(c23)C1=O)C1(c2ccccc2)OC1(c1ccccc1)c1ccccc1. The van der Waals surface area contributed by atoms with Gasteiger partial charge >= 0.3 is 0 Å². The van der Waals surface area contributed by atoms with E-state index in [1.807, 2.05) is 110 Å². The fourth-order valence-corrected chi connectivity index (χ4v) is 6.43. The molecule has 0 saturated carbocycles. The van der Waals surface area contributed by atoms with Crippen molar-refractivity contribution >= 4 is 22.6 Å². The highest BCUT2D eigenvalue weighted by Crippen LogP contribution is 2.68. The highest BCUT2D eigenvalue weighted by atomic mass is 16.6. The molecule has 1 saturated heterocycles. The standard InChI is InChI=1S/C34H25NO3/c1-23(35-31(36)28-21-11-13-24-14-12-22-29(30(24)28)32(35)37)33(25-15-5-2-6-16-25)34(38-33,26-17-7-3-8-18-26)27-19-9-4-10-20-27/h2-23H,1H3. The molecule has 0 spiro atoms. The minimum atomic E-state index is -0.998. The van der Waals surface area contributed by atoms with Crippen LogP contribution in [0.2, 0.25) is 0 Å². The van der Waals surface area contributed by atoms with Crippen molar-refractivity contribution in [2.24, 2.45) is 0 Å². The van der Waals surface area contributed by atoms with E-state index in [0.29, 0.717) is 11.1 Å². The minimum absolute atomic E-state index is 0.298. The fraction of sp³-hybridized carbons (Fsp3) is 0.118. The smallest absolute Gasteiger partial charge is 0.261 e. The Morgan fingerprint density at radius 1 is 0.579 bits per heavy atom. The molecule has 2 heterocycles. The molecule has 7 rings (SSSR count). The lowest BCUT2D eigenvalue weighted by Crippen LogP contribution is -2.52. The number of hydrogen-bond acceptors (Lipinski definition) is 3. The molecule has 0 radical (unpaired) electrons. The summed E-state index contributed by atoms with van der Waals surface area (Å²) >= 11 is 0.